The number of aromatic nitrogens is 3. The molecule has 1 aliphatic heterocycles. The first-order chi connectivity index (χ1) is 22.7. The lowest BCUT2D eigenvalue weighted by molar-refractivity contribution is -0.138. The second-order valence-corrected chi connectivity index (χ2v) is 12.9. The molecule has 1 N–H and O–H groups in total. The number of H-pyrrole nitrogens is 1. The van der Waals surface area contributed by atoms with Crippen molar-refractivity contribution in [3.8, 4) is 11.5 Å². The molecule has 3 aromatic heterocycles. The van der Waals surface area contributed by atoms with Crippen molar-refractivity contribution in [2.24, 2.45) is 4.99 Å². The largest absolute Gasteiger partial charge is 0.493 e. The smallest absolute Gasteiger partial charge is 0.338 e. The number of hydrogen-bond acceptors (Lipinski definition) is 11. The highest BCUT2D eigenvalue weighted by atomic mass is 79.9. The molecular formula is C33H27BrN4O7S2. The molecule has 0 bridgehead atoms. The Morgan fingerprint density at radius 1 is 1.11 bits per heavy atom. The zero-order chi connectivity index (χ0) is 33.2. The van der Waals surface area contributed by atoms with Crippen molar-refractivity contribution >= 4 is 56.8 Å². The number of carbonyl (C=O) groups is 1. The number of halogens is 1. The Morgan fingerprint density at radius 2 is 1.87 bits per heavy atom. The van der Waals surface area contributed by atoms with Gasteiger partial charge in [-0.1, -0.05) is 47.7 Å². The highest BCUT2D eigenvalue weighted by molar-refractivity contribution is 9.10. The summed E-state index contributed by atoms with van der Waals surface area (Å²) in [6.45, 7) is 3.59. The van der Waals surface area contributed by atoms with Crippen molar-refractivity contribution in [1.82, 2.24) is 14.5 Å². The number of ether oxygens (including phenoxy) is 3. The van der Waals surface area contributed by atoms with Crippen molar-refractivity contribution < 1.29 is 23.4 Å². The number of carbonyl (C=O) groups excluding carboxylic acids is 1. The average molecular weight is 736 g/mol. The normalized spacial score (nSPS) is 14.5. The predicted octanol–water partition coefficient (Wildman–Crippen LogP) is 4.85. The number of nitrogens with zero attached hydrogens (tertiary/aromatic N) is 3. The van der Waals surface area contributed by atoms with E-state index in [1.165, 1.54) is 36.2 Å². The Bertz CT molecular complexity index is 2270. The van der Waals surface area contributed by atoms with Crippen molar-refractivity contribution in [3.63, 3.8) is 0 Å². The first-order valence-corrected chi connectivity index (χ1v) is 16.7. The number of rotatable bonds is 9. The number of aromatic amines is 1. The zero-order valence-electron chi connectivity index (χ0n) is 25.5. The summed E-state index contributed by atoms with van der Waals surface area (Å²) in [5, 5.41) is 0.808. The number of nitrogens with one attached hydrogen (secondary N) is 1. The molecule has 5 aromatic rings. The maximum absolute atomic E-state index is 14.2. The van der Waals surface area contributed by atoms with E-state index in [0.29, 0.717) is 63.8 Å². The van der Waals surface area contributed by atoms with E-state index in [0.717, 1.165) is 11.8 Å². The molecule has 0 saturated heterocycles. The Kier molecular flexibility index (Phi) is 9.34. The summed E-state index contributed by atoms with van der Waals surface area (Å²) in [5.74, 6) is 0.720. The molecule has 6 rings (SSSR count). The van der Waals surface area contributed by atoms with Crippen molar-refractivity contribution in [3.05, 3.63) is 123 Å². The molecule has 0 spiro atoms. The fourth-order valence-corrected chi connectivity index (χ4v) is 7.45. The summed E-state index contributed by atoms with van der Waals surface area (Å²) in [5.41, 5.74) is 1.82. The van der Waals surface area contributed by atoms with E-state index < -0.39 is 12.0 Å². The van der Waals surface area contributed by atoms with Gasteiger partial charge in [-0.05, 0) is 65.3 Å². The van der Waals surface area contributed by atoms with Gasteiger partial charge in [-0.3, -0.25) is 14.2 Å². The molecule has 14 heteroatoms. The Hall–Kier alpha value is -4.66. The second kappa shape index (κ2) is 13.6. The van der Waals surface area contributed by atoms with Gasteiger partial charge in [0.2, 0.25) is 0 Å². The van der Waals surface area contributed by atoms with Crippen LogP contribution >= 0.6 is 39.0 Å². The SMILES string of the molecule is CCOC(=O)C1=C(c2ccccc2)N=c2s/c(=C/c3cc(Br)c(Sc4nc(C)cc(=O)[nH]4)o3)c(=O)n2[C@@H]1c1ccc(OC)c(OC)c1. The number of furan rings is 1. The Balaban J connectivity index is 1.54. The van der Waals surface area contributed by atoms with Gasteiger partial charge in [-0.25, -0.2) is 14.8 Å². The van der Waals surface area contributed by atoms with Crippen LogP contribution in [0.25, 0.3) is 11.8 Å². The van der Waals surface area contributed by atoms with Crippen LogP contribution in [-0.2, 0) is 9.53 Å². The lowest BCUT2D eigenvalue weighted by Gasteiger charge is -2.26. The van der Waals surface area contributed by atoms with Crippen LogP contribution in [-0.4, -0.2) is 41.3 Å². The number of thiazole rings is 1. The minimum atomic E-state index is -0.902. The van der Waals surface area contributed by atoms with Crippen LogP contribution in [0.3, 0.4) is 0 Å². The second-order valence-electron chi connectivity index (χ2n) is 10.1. The molecule has 0 saturated carbocycles. The zero-order valence-corrected chi connectivity index (χ0v) is 28.7. The highest BCUT2D eigenvalue weighted by Crippen LogP contribution is 2.39. The van der Waals surface area contributed by atoms with E-state index in [9.17, 15) is 14.4 Å². The van der Waals surface area contributed by atoms with E-state index in [4.69, 9.17) is 23.6 Å². The number of aryl methyl sites for hydroxylation is 1. The first kappa shape index (κ1) is 32.3. The lowest BCUT2D eigenvalue weighted by Crippen LogP contribution is -2.40. The van der Waals surface area contributed by atoms with E-state index in [2.05, 4.69) is 25.9 Å². The molecule has 0 fully saturated rings. The van der Waals surface area contributed by atoms with Crippen molar-refractivity contribution in [2.75, 3.05) is 20.8 Å². The number of esters is 1. The topological polar surface area (TPSA) is 138 Å². The van der Waals surface area contributed by atoms with Gasteiger partial charge < -0.3 is 23.6 Å². The van der Waals surface area contributed by atoms with Crippen LogP contribution in [0.4, 0.5) is 0 Å². The summed E-state index contributed by atoms with van der Waals surface area (Å²) in [6.07, 6.45) is 1.62. The molecule has 0 aliphatic carbocycles. The van der Waals surface area contributed by atoms with Gasteiger partial charge >= 0.3 is 5.97 Å². The molecular weight excluding hydrogens is 708 g/mol. The predicted molar refractivity (Wildman–Crippen MR) is 181 cm³/mol. The summed E-state index contributed by atoms with van der Waals surface area (Å²) in [6, 6.07) is 16.8. The quantitative estimate of drug-likeness (QED) is 0.166. The standard InChI is InChI=1S/C33H27BrN4O7S2/c1-5-44-30(41)26-27(18-9-7-6-8-10-18)37-33-38(28(26)19-11-12-22(42-3)23(14-19)43-4)29(40)24(46-33)16-20-15-21(34)31(45-20)47-32-35-17(2)13-25(39)36-32/h6-16,28H,5H2,1-4H3,(H,35,36,39)/b24-16+/t28-/m1/s1. The fraction of sp³-hybridized carbons (Fsp3) is 0.182. The molecule has 11 nitrogen and oxygen atoms in total. The van der Waals surface area contributed by atoms with E-state index >= 15 is 0 Å². The molecule has 1 atom stereocenters. The van der Waals surface area contributed by atoms with Crippen LogP contribution < -0.4 is 29.9 Å². The van der Waals surface area contributed by atoms with E-state index in [1.54, 1.807) is 44.2 Å². The molecule has 1 aliphatic rings. The third-order valence-corrected chi connectivity index (χ3v) is 9.79. The third kappa shape index (κ3) is 6.48. The summed E-state index contributed by atoms with van der Waals surface area (Å²) in [4.78, 5) is 52.2. The lowest BCUT2D eigenvalue weighted by atomic mass is 9.93. The van der Waals surface area contributed by atoms with Crippen LogP contribution in [0, 0.1) is 6.92 Å². The average Bonchev–Trinajstić information content (AvgIpc) is 3.56. The maximum Gasteiger partial charge on any atom is 0.338 e. The number of methoxy groups -OCH3 is 2. The first-order valence-electron chi connectivity index (χ1n) is 14.3. The van der Waals surface area contributed by atoms with Crippen molar-refractivity contribution in [1.29, 1.82) is 0 Å². The molecule has 2 aromatic carbocycles. The molecule has 4 heterocycles. The van der Waals surface area contributed by atoms with Gasteiger partial charge in [0.25, 0.3) is 11.1 Å². The van der Waals surface area contributed by atoms with Crippen LogP contribution in [0.5, 0.6) is 11.5 Å². The van der Waals surface area contributed by atoms with E-state index in [-0.39, 0.29) is 23.3 Å². The van der Waals surface area contributed by atoms with Gasteiger partial charge in [0.15, 0.2) is 26.5 Å². The molecule has 240 valence electrons. The number of benzene rings is 2. The van der Waals surface area contributed by atoms with Gasteiger partial charge in [-0.2, -0.15) is 0 Å². The third-order valence-electron chi connectivity index (χ3n) is 7.08. The molecule has 47 heavy (non-hydrogen) atoms. The summed E-state index contributed by atoms with van der Waals surface area (Å²) in [7, 11) is 3.05. The van der Waals surface area contributed by atoms with Gasteiger partial charge in [-0.15, -0.1) is 0 Å². The van der Waals surface area contributed by atoms with Crippen LogP contribution in [0.1, 0.15) is 35.5 Å². The summed E-state index contributed by atoms with van der Waals surface area (Å²) >= 11 is 5.81. The van der Waals surface area contributed by atoms with E-state index in [1.807, 2.05) is 30.3 Å². The molecule has 0 amide bonds. The number of hydrogen-bond donors (Lipinski definition) is 1. The van der Waals surface area contributed by atoms with Gasteiger partial charge in [0.05, 0.1) is 47.1 Å². The molecule has 0 unspecified atom stereocenters. The molecule has 0 radical (unpaired) electrons. The Labute approximate surface area is 284 Å². The summed E-state index contributed by atoms with van der Waals surface area (Å²) < 4.78 is 25.1. The van der Waals surface area contributed by atoms with Crippen LogP contribution in [0.15, 0.2) is 100.0 Å². The van der Waals surface area contributed by atoms with Gasteiger partial charge in [0.1, 0.15) is 5.76 Å². The fourth-order valence-electron chi connectivity index (χ4n) is 5.11. The maximum atomic E-state index is 14.2. The highest BCUT2D eigenvalue weighted by Gasteiger charge is 2.35. The van der Waals surface area contributed by atoms with Crippen molar-refractivity contribution in [2.45, 2.75) is 30.1 Å². The number of fused-ring (bicyclic) bond motifs is 1. The van der Waals surface area contributed by atoms with Crippen LogP contribution in [0.2, 0.25) is 0 Å². The minimum Gasteiger partial charge on any atom is -0.493 e. The Morgan fingerprint density at radius 3 is 2.57 bits per heavy atom. The monoisotopic (exact) mass is 734 g/mol. The van der Waals surface area contributed by atoms with Gasteiger partial charge in [0, 0.05) is 23.4 Å². The minimum absolute atomic E-state index is 0.132.